The molecule has 1 aromatic heterocycles. The van der Waals surface area contributed by atoms with Gasteiger partial charge >= 0.3 is 0 Å². The Hall–Kier alpha value is -2.41. The average Bonchev–Trinajstić information content (AvgIpc) is 2.55. The molecule has 0 unspecified atom stereocenters. The molecular formula is C21H20N+. The summed E-state index contributed by atoms with van der Waals surface area (Å²) in [4.78, 5) is 0. The first-order valence-corrected chi connectivity index (χ1v) is 7.91. The van der Waals surface area contributed by atoms with Gasteiger partial charge in [0.25, 0.3) is 0 Å². The summed E-state index contributed by atoms with van der Waals surface area (Å²) >= 11 is 0. The molecule has 3 aromatic rings. The Balaban J connectivity index is 2.02. The van der Waals surface area contributed by atoms with Gasteiger partial charge in [-0.05, 0) is 53.6 Å². The van der Waals surface area contributed by atoms with Gasteiger partial charge in [0.1, 0.15) is 7.05 Å². The van der Waals surface area contributed by atoms with E-state index >= 15 is 0 Å². The fourth-order valence-electron chi connectivity index (χ4n) is 3.68. The second-order valence-corrected chi connectivity index (χ2v) is 6.14. The molecule has 0 saturated heterocycles. The van der Waals surface area contributed by atoms with E-state index in [1.165, 1.54) is 39.1 Å². The lowest BCUT2D eigenvalue weighted by Crippen LogP contribution is -2.30. The van der Waals surface area contributed by atoms with E-state index in [9.17, 15) is 0 Å². The number of aryl methyl sites for hydroxylation is 3. The Morgan fingerprint density at radius 1 is 0.818 bits per heavy atom. The van der Waals surface area contributed by atoms with E-state index in [-0.39, 0.29) is 0 Å². The van der Waals surface area contributed by atoms with Crippen LogP contribution in [0.4, 0.5) is 0 Å². The molecule has 108 valence electrons. The van der Waals surface area contributed by atoms with Gasteiger partial charge in [0.05, 0.1) is 5.56 Å². The quantitative estimate of drug-likeness (QED) is 0.589. The second kappa shape index (κ2) is 5.10. The summed E-state index contributed by atoms with van der Waals surface area (Å²) in [6.07, 6.45) is 4.39. The molecule has 1 aliphatic rings. The molecule has 4 rings (SSSR count). The highest BCUT2D eigenvalue weighted by molar-refractivity contribution is 5.81. The number of pyridine rings is 1. The van der Waals surface area contributed by atoms with Gasteiger partial charge in [0.15, 0.2) is 6.20 Å². The predicted molar refractivity (Wildman–Crippen MR) is 90.6 cm³/mol. The maximum Gasteiger partial charge on any atom is 0.212 e. The van der Waals surface area contributed by atoms with Crippen molar-refractivity contribution in [1.82, 2.24) is 0 Å². The molecule has 0 saturated carbocycles. The molecule has 0 N–H and O–H groups in total. The topological polar surface area (TPSA) is 3.88 Å². The molecule has 22 heavy (non-hydrogen) atoms. The standard InChI is InChI=1S/C21H20N/c1-15-10-12-18-17-8-4-3-7-16(17)11-13-19(18)21(15)20-9-5-6-14-22(20)2/h3-10,12,14H,11,13H2,1-2H3/q+1. The smallest absolute Gasteiger partial charge is 0.201 e. The van der Waals surface area contributed by atoms with E-state index in [2.05, 4.69) is 79.3 Å². The lowest BCUT2D eigenvalue weighted by atomic mass is 9.81. The average molecular weight is 286 g/mol. The van der Waals surface area contributed by atoms with Crippen molar-refractivity contribution in [3.05, 3.63) is 77.5 Å². The molecule has 0 fully saturated rings. The maximum absolute atomic E-state index is 2.30. The third-order valence-corrected chi connectivity index (χ3v) is 4.78. The number of fused-ring (bicyclic) bond motifs is 3. The summed E-state index contributed by atoms with van der Waals surface area (Å²) in [6.45, 7) is 2.23. The summed E-state index contributed by atoms with van der Waals surface area (Å²) in [5.41, 5.74) is 9.86. The lowest BCUT2D eigenvalue weighted by molar-refractivity contribution is -0.660. The minimum absolute atomic E-state index is 1.12. The predicted octanol–water partition coefficient (Wildman–Crippen LogP) is 4.25. The molecule has 1 aliphatic carbocycles. The highest BCUT2D eigenvalue weighted by Gasteiger charge is 2.23. The van der Waals surface area contributed by atoms with E-state index < -0.39 is 0 Å². The summed E-state index contributed by atoms with van der Waals surface area (Å²) in [5, 5.41) is 0. The Morgan fingerprint density at radius 2 is 1.64 bits per heavy atom. The number of hydrogen-bond donors (Lipinski definition) is 0. The van der Waals surface area contributed by atoms with Crippen molar-refractivity contribution in [2.45, 2.75) is 19.8 Å². The van der Waals surface area contributed by atoms with Crippen LogP contribution in [0.3, 0.4) is 0 Å². The summed E-state index contributed by atoms with van der Waals surface area (Å²) < 4.78 is 2.23. The van der Waals surface area contributed by atoms with Crippen LogP contribution in [-0.2, 0) is 19.9 Å². The van der Waals surface area contributed by atoms with Gasteiger partial charge in [-0.25, -0.2) is 4.57 Å². The first-order valence-electron chi connectivity index (χ1n) is 7.91. The number of aromatic nitrogens is 1. The SMILES string of the molecule is Cc1ccc2c(c1-c1cccc[n+]1C)CCc1ccccc1-2. The Kier molecular flexibility index (Phi) is 3.07. The minimum Gasteiger partial charge on any atom is -0.201 e. The largest absolute Gasteiger partial charge is 0.212 e. The third-order valence-electron chi connectivity index (χ3n) is 4.78. The zero-order valence-corrected chi connectivity index (χ0v) is 13.1. The number of benzene rings is 2. The van der Waals surface area contributed by atoms with Crippen LogP contribution in [0.25, 0.3) is 22.4 Å². The molecule has 0 atom stereocenters. The molecule has 0 spiro atoms. The zero-order chi connectivity index (χ0) is 15.1. The van der Waals surface area contributed by atoms with E-state index in [0.717, 1.165) is 12.8 Å². The van der Waals surface area contributed by atoms with Crippen molar-refractivity contribution in [2.24, 2.45) is 7.05 Å². The van der Waals surface area contributed by atoms with E-state index in [1.807, 2.05) is 0 Å². The zero-order valence-electron chi connectivity index (χ0n) is 13.1. The summed E-state index contributed by atoms with van der Waals surface area (Å²) in [6, 6.07) is 19.8. The van der Waals surface area contributed by atoms with Crippen molar-refractivity contribution < 1.29 is 4.57 Å². The van der Waals surface area contributed by atoms with Crippen molar-refractivity contribution >= 4 is 0 Å². The van der Waals surface area contributed by atoms with Crippen LogP contribution in [0.15, 0.2) is 60.8 Å². The molecule has 0 bridgehead atoms. The first kappa shape index (κ1) is 13.3. The molecule has 2 aromatic carbocycles. The van der Waals surface area contributed by atoms with Crippen molar-refractivity contribution in [3.63, 3.8) is 0 Å². The van der Waals surface area contributed by atoms with Crippen molar-refractivity contribution in [2.75, 3.05) is 0 Å². The molecule has 1 heteroatoms. The Bertz CT molecular complexity index is 862. The van der Waals surface area contributed by atoms with E-state index in [0.29, 0.717) is 0 Å². The van der Waals surface area contributed by atoms with Crippen LogP contribution in [-0.4, -0.2) is 0 Å². The second-order valence-electron chi connectivity index (χ2n) is 6.14. The summed E-state index contributed by atoms with van der Waals surface area (Å²) in [5.74, 6) is 0. The molecule has 0 radical (unpaired) electrons. The molecular weight excluding hydrogens is 266 g/mol. The third kappa shape index (κ3) is 1.97. The van der Waals surface area contributed by atoms with Crippen LogP contribution in [0, 0.1) is 6.92 Å². The van der Waals surface area contributed by atoms with E-state index in [1.54, 1.807) is 0 Å². The van der Waals surface area contributed by atoms with Crippen LogP contribution in [0.5, 0.6) is 0 Å². The number of nitrogens with zero attached hydrogens (tertiary/aromatic N) is 1. The maximum atomic E-state index is 2.30. The highest BCUT2D eigenvalue weighted by Crippen LogP contribution is 2.39. The van der Waals surface area contributed by atoms with Crippen LogP contribution in [0.2, 0.25) is 0 Å². The summed E-state index contributed by atoms with van der Waals surface area (Å²) in [7, 11) is 2.13. The van der Waals surface area contributed by atoms with Gasteiger partial charge in [-0.15, -0.1) is 0 Å². The first-order chi connectivity index (χ1) is 10.8. The Labute approximate surface area is 131 Å². The molecule has 0 aliphatic heterocycles. The van der Waals surface area contributed by atoms with E-state index in [4.69, 9.17) is 0 Å². The van der Waals surface area contributed by atoms with Crippen LogP contribution >= 0.6 is 0 Å². The highest BCUT2D eigenvalue weighted by atomic mass is 14.9. The van der Waals surface area contributed by atoms with Gasteiger partial charge in [0.2, 0.25) is 5.69 Å². The molecule has 0 amide bonds. The monoisotopic (exact) mass is 286 g/mol. The molecule has 1 heterocycles. The normalized spacial score (nSPS) is 12.6. The van der Waals surface area contributed by atoms with Crippen LogP contribution < -0.4 is 4.57 Å². The van der Waals surface area contributed by atoms with Gasteiger partial charge < -0.3 is 0 Å². The van der Waals surface area contributed by atoms with Gasteiger partial charge in [-0.3, -0.25) is 0 Å². The number of rotatable bonds is 1. The van der Waals surface area contributed by atoms with Gasteiger partial charge in [0, 0.05) is 12.1 Å². The van der Waals surface area contributed by atoms with Gasteiger partial charge in [-0.1, -0.05) is 36.4 Å². The fraction of sp³-hybridized carbons (Fsp3) is 0.190. The minimum atomic E-state index is 1.12. The fourth-order valence-corrected chi connectivity index (χ4v) is 3.68. The van der Waals surface area contributed by atoms with Crippen molar-refractivity contribution in [3.8, 4) is 22.4 Å². The lowest BCUT2D eigenvalue weighted by Gasteiger charge is -2.23. The van der Waals surface area contributed by atoms with Crippen LogP contribution in [0.1, 0.15) is 16.7 Å². The Morgan fingerprint density at radius 3 is 2.50 bits per heavy atom. The molecule has 1 nitrogen and oxygen atoms in total. The van der Waals surface area contributed by atoms with Gasteiger partial charge in [-0.2, -0.15) is 0 Å². The van der Waals surface area contributed by atoms with Crippen molar-refractivity contribution in [1.29, 1.82) is 0 Å². The number of hydrogen-bond acceptors (Lipinski definition) is 0.